The van der Waals surface area contributed by atoms with Gasteiger partial charge in [0, 0.05) is 23.3 Å². The summed E-state index contributed by atoms with van der Waals surface area (Å²) in [6, 6.07) is 5.49. The molecule has 0 bridgehead atoms. The molecule has 0 aromatic carbocycles. The summed E-state index contributed by atoms with van der Waals surface area (Å²) in [5, 5.41) is 23.7. The molecule has 0 aliphatic carbocycles. The molecule has 8 nitrogen and oxygen atoms in total. The molecule has 1 amide bonds. The summed E-state index contributed by atoms with van der Waals surface area (Å²) in [5.41, 5.74) is 1.94. The lowest BCUT2D eigenvalue weighted by molar-refractivity contribution is -0.112. The first-order chi connectivity index (χ1) is 11.3. The van der Waals surface area contributed by atoms with Gasteiger partial charge in [-0.15, -0.1) is 11.3 Å². The van der Waals surface area contributed by atoms with E-state index < -0.39 is 5.91 Å². The number of nitrogens with zero attached hydrogens (tertiary/aromatic N) is 5. The van der Waals surface area contributed by atoms with Crippen LogP contribution in [-0.4, -0.2) is 31.3 Å². The fraction of sp³-hybridized carbons (Fsp3) is 0. The van der Waals surface area contributed by atoms with Crippen molar-refractivity contribution in [3.8, 4) is 17.3 Å². The number of nitrogens with one attached hydrogen (secondary N) is 2. The van der Waals surface area contributed by atoms with E-state index in [0.29, 0.717) is 10.8 Å². The third kappa shape index (κ3) is 3.45. The maximum absolute atomic E-state index is 12.1. The number of hydrogen-bond acceptors (Lipinski definition) is 7. The molecule has 3 aromatic heterocycles. The topological polar surface area (TPSA) is 120 Å². The highest BCUT2D eigenvalue weighted by Gasteiger charge is 2.13. The van der Waals surface area contributed by atoms with Gasteiger partial charge in [0.1, 0.15) is 17.3 Å². The van der Waals surface area contributed by atoms with Crippen LogP contribution in [0, 0.1) is 11.3 Å². The molecule has 3 heterocycles. The van der Waals surface area contributed by atoms with Gasteiger partial charge in [0.05, 0.1) is 11.9 Å². The van der Waals surface area contributed by atoms with Gasteiger partial charge in [-0.2, -0.15) is 20.7 Å². The second-order valence-corrected chi connectivity index (χ2v) is 5.15. The lowest BCUT2D eigenvalue weighted by Gasteiger charge is -1.99. The van der Waals surface area contributed by atoms with Crippen LogP contribution in [-0.2, 0) is 4.79 Å². The maximum Gasteiger partial charge on any atom is 0.268 e. The van der Waals surface area contributed by atoms with E-state index >= 15 is 0 Å². The molecule has 23 heavy (non-hydrogen) atoms. The molecule has 0 fully saturated rings. The number of anilines is 1. The number of nitriles is 1. The quantitative estimate of drug-likeness (QED) is 0.558. The summed E-state index contributed by atoms with van der Waals surface area (Å²) in [6.07, 6.45) is 6.09. The molecule has 0 atom stereocenters. The second kappa shape index (κ2) is 6.59. The van der Waals surface area contributed by atoms with Gasteiger partial charge in [-0.1, -0.05) is 0 Å². The zero-order chi connectivity index (χ0) is 16.1. The van der Waals surface area contributed by atoms with Crippen LogP contribution in [0.15, 0.2) is 41.7 Å². The van der Waals surface area contributed by atoms with E-state index in [1.807, 2.05) is 23.6 Å². The first-order valence-electron chi connectivity index (χ1n) is 6.41. The summed E-state index contributed by atoms with van der Waals surface area (Å²) >= 11 is 1.27. The molecule has 2 N–H and O–H groups in total. The van der Waals surface area contributed by atoms with E-state index in [1.54, 1.807) is 12.4 Å². The molecule has 0 saturated heterocycles. The minimum atomic E-state index is -0.550. The number of hydrogen-bond donors (Lipinski definition) is 2. The Hall–Kier alpha value is -3.38. The standard InChI is InChI=1S/C14H9N7OS/c15-6-10(5-11-7-17-21-20-11)13(22)19-14-18-12(8-23-14)9-1-3-16-4-2-9/h1-5,7-8H,(H,17,20,21)(H,18,19,22)/b10-5-. The number of amides is 1. The van der Waals surface area contributed by atoms with Crippen LogP contribution in [0.1, 0.15) is 5.69 Å². The highest BCUT2D eigenvalue weighted by Crippen LogP contribution is 2.24. The molecule has 0 radical (unpaired) electrons. The Labute approximate surface area is 134 Å². The molecule has 3 aromatic rings. The first kappa shape index (κ1) is 14.6. The normalized spacial score (nSPS) is 11.0. The van der Waals surface area contributed by atoms with Gasteiger partial charge in [0.2, 0.25) is 0 Å². The number of carbonyl (C=O) groups is 1. The summed E-state index contributed by atoms with van der Waals surface area (Å²) < 4.78 is 0. The molecule has 0 spiro atoms. The fourth-order valence-electron chi connectivity index (χ4n) is 1.73. The first-order valence-corrected chi connectivity index (χ1v) is 7.29. The van der Waals surface area contributed by atoms with Crippen LogP contribution in [0.5, 0.6) is 0 Å². The Kier molecular flexibility index (Phi) is 4.17. The molecular weight excluding hydrogens is 314 g/mol. The predicted molar refractivity (Wildman–Crippen MR) is 83.9 cm³/mol. The van der Waals surface area contributed by atoms with E-state index in [2.05, 4.69) is 30.7 Å². The van der Waals surface area contributed by atoms with Crippen LogP contribution < -0.4 is 5.32 Å². The monoisotopic (exact) mass is 323 g/mol. The van der Waals surface area contributed by atoms with Crippen LogP contribution in [0.4, 0.5) is 5.13 Å². The van der Waals surface area contributed by atoms with Crippen molar-refractivity contribution < 1.29 is 4.79 Å². The average Bonchev–Trinajstić information content (AvgIpc) is 3.25. The Bertz CT molecular complexity index is 878. The third-order valence-corrected chi connectivity index (χ3v) is 3.55. The average molecular weight is 323 g/mol. The Morgan fingerprint density at radius 2 is 2.22 bits per heavy atom. The molecule has 9 heteroatoms. The molecule has 3 rings (SSSR count). The minimum Gasteiger partial charge on any atom is -0.297 e. The van der Waals surface area contributed by atoms with Crippen molar-refractivity contribution in [3.63, 3.8) is 0 Å². The van der Waals surface area contributed by atoms with E-state index in [9.17, 15) is 4.79 Å². The number of thiazole rings is 1. The molecule has 0 aliphatic heterocycles. The van der Waals surface area contributed by atoms with Crippen molar-refractivity contribution in [1.82, 2.24) is 25.4 Å². The van der Waals surface area contributed by atoms with Crippen LogP contribution in [0.3, 0.4) is 0 Å². The minimum absolute atomic E-state index is 0.0837. The summed E-state index contributed by atoms with van der Waals surface area (Å²) in [5.74, 6) is -0.550. The van der Waals surface area contributed by atoms with Crippen molar-refractivity contribution >= 4 is 28.5 Å². The maximum atomic E-state index is 12.1. The zero-order valence-electron chi connectivity index (χ0n) is 11.6. The highest BCUT2D eigenvalue weighted by atomic mass is 32.1. The number of rotatable bonds is 4. The van der Waals surface area contributed by atoms with Gasteiger partial charge in [-0.3, -0.25) is 15.1 Å². The van der Waals surface area contributed by atoms with Crippen LogP contribution in [0.25, 0.3) is 17.3 Å². The predicted octanol–water partition coefficient (Wildman–Crippen LogP) is 1.87. The lowest BCUT2D eigenvalue weighted by atomic mass is 10.2. The summed E-state index contributed by atoms with van der Waals surface area (Å²) in [7, 11) is 0. The third-order valence-electron chi connectivity index (χ3n) is 2.79. The Morgan fingerprint density at radius 1 is 1.39 bits per heavy atom. The molecule has 0 unspecified atom stereocenters. The van der Waals surface area contributed by atoms with Gasteiger partial charge in [-0.05, 0) is 18.2 Å². The van der Waals surface area contributed by atoms with Crippen molar-refractivity contribution in [2.45, 2.75) is 0 Å². The lowest BCUT2D eigenvalue weighted by Crippen LogP contribution is -2.13. The highest BCUT2D eigenvalue weighted by molar-refractivity contribution is 7.14. The Balaban J connectivity index is 1.76. The van der Waals surface area contributed by atoms with Crippen molar-refractivity contribution in [1.29, 1.82) is 5.26 Å². The fourth-order valence-corrected chi connectivity index (χ4v) is 2.44. The number of carbonyl (C=O) groups excluding carboxylic acids is 1. The van der Waals surface area contributed by atoms with E-state index in [-0.39, 0.29) is 5.57 Å². The molecule has 0 saturated carbocycles. The SMILES string of the molecule is N#C/C(=C/c1cn[nH]n1)C(=O)Nc1nc(-c2ccncc2)cs1. The van der Waals surface area contributed by atoms with Crippen molar-refractivity contribution in [3.05, 3.63) is 47.4 Å². The molecule has 112 valence electrons. The van der Waals surface area contributed by atoms with E-state index in [0.717, 1.165) is 11.3 Å². The van der Waals surface area contributed by atoms with Gasteiger partial charge in [0.15, 0.2) is 5.13 Å². The molecular formula is C14H9N7OS. The second-order valence-electron chi connectivity index (χ2n) is 4.29. The smallest absolute Gasteiger partial charge is 0.268 e. The Morgan fingerprint density at radius 3 is 2.91 bits per heavy atom. The van der Waals surface area contributed by atoms with Crippen LogP contribution >= 0.6 is 11.3 Å². The number of H-pyrrole nitrogens is 1. The number of aromatic nitrogens is 5. The zero-order valence-corrected chi connectivity index (χ0v) is 12.4. The van der Waals surface area contributed by atoms with Gasteiger partial charge < -0.3 is 0 Å². The van der Waals surface area contributed by atoms with E-state index in [1.165, 1.54) is 23.6 Å². The molecule has 0 aliphatic rings. The number of pyridine rings is 1. The van der Waals surface area contributed by atoms with Gasteiger partial charge in [-0.25, -0.2) is 4.98 Å². The largest absolute Gasteiger partial charge is 0.297 e. The summed E-state index contributed by atoms with van der Waals surface area (Å²) in [4.78, 5) is 20.4. The summed E-state index contributed by atoms with van der Waals surface area (Å²) in [6.45, 7) is 0. The number of aromatic amines is 1. The van der Waals surface area contributed by atoms with Gasteiger partial charge >= 0.3 is 0 Å². The van der Waals surface area contributed by atoms with Crippen LogP contribution in [0.2, 0.25) is 0 Å². The van der Waals surface area contributed by atoms with Crippen molar-refractivity contribution in [2.75, 3.05) is 5.32 Å². The van der Waals surface area contributed by atoms with Crippen molar-refractivity contribution in [2.24, 2.45) is 0 Å². The van der Waals surface area contributed by atoms with Gasteiger partial charge in [0.25, 0.3) is 5.91 Å². The van der Waals surface area contributed by atoms with E-state index in [4.69, 9.17) is 5.26 Å².